The molecule has 0 radical (unpaired) electrons. The molecule has 0 bridgehead atoms. The molecule has 9 heteroatoms. The van der Waals surface area contributed by atoms with Gasteiger partial charge in [0.2, 0.25) is 10.0 Å². The minimum absolute atomic E-state index is 0.0392. The second-order valence-corrected chi connectivity index (χ2v) is 6.69. The second-order valence-electron chi connectivity index (χ2n) is 4.40. The second kappa shape index (κ2) is 6.33. The maximum Gasteiger partial charge on any atom is 0.217 e. The van der Waals surface area contributed by atoms with Crippen LogP contribution in [0.5, 0.6) is 0 Å². The van der Waals surface area contributed by atoms with Gasteiger partial charge in [-0.1, -0.05) is 36.4 Å². The first-order valence-electron chi connectivity index (χ1n) is 6.06. The van der Waals surface area contributed by atoms with Gasteiger partial charge in [0, 0.05) is 5.03 Å². The van der Waals surface area contributed by atoms with Gasteiger partial charge in [-0.2, -0.15) is 4.68 Å². The number of benzene rings is 1. The zero-order valence-corrected chi connectivity index (χ0v) is 12.8. The Morgan fingerprint density at radius 2 is 2.10 bits per heavy atom. The Morgan fingerprint density at radius 1 is 1.43 bits per heavy atom. The van der Waals surface area contributed by atoms with E-state index >= 15 is 0 Å². The van der Waals surface area contributed by atoms with Gasteiger partial charge >= 0.3 is 0 Å². The highest BCUT2D eigenvalue weighted by Crippen LogP contribution is 2.15. The van der Waals surface area contributed by atoms with Crippen molar-refractivity contribution < 1.29 is 8.42 Å². The number of hydrogen-bond donors (Lipinski definition) is 1. The molecule has 0 aliphatic carbocycles. The van der Waals surface area contributed by atoms with Crippen molar-refractivity contribution in [3.8, 4) is 5.69 Å². The van der Waals surface area contributed by atoms with Crippen molar-refractivity contribution in [2.45, 2.75) is 13.0 Å². The zero-order valence-electron chi connectivity index (χ0n) is 11.3. The molecule has 0 unspecified atom stereocenters. The molecule has 0 aliphatic rings. The van der Waals surface area contributed by atoms with Crippen LogP contribution in [0.3, 0.4) is 0 Å². The normalized spacial score (nSPS) is 13.0. The summed E-state index contributed by atoms with van der Waals surface area (Å²) in [7, 11) is -3.60. The number of nitrogens with one attached hydrogen (secondary N) is 1. The maximum atomic E-state index is 11.9. The summed E-state index contributed by atoms with van der Waals surface area (Å²) >= 11 is 5.54. The lowest BCUT2D eigenvalue weighted by atomic mass is 10.3. The van der Waals surface area contributed by atoms with E-state index in [0.29, 0.717) is 5.82 Å². The minimum atomic E-state index is -3.60. The lowest BCUT2D eigenvalue weighted by Crippen LogP contribution is -2.30. The molecule has 0 saturated heterocycles. The summed E-state index contributed by atoms with van der Waals surface area (Å²) < 4.78 is 27.7. The van der Waals surface area contributed by atoms with Crippen molar-refractivity contribution in [1.29, 1.82) is 0 Å². The van der Waals surface area contributed by atoms with E-state index in [0.717, 1.165) is 5.69 Å². The molecule has 0 fully saturated rings. The summed E-state index contributed by atoms with van der Waals surface area (Å²) in [6.07, 6.45) is 0. The van der Waals surface area contributed by atoms with Crippen LogP contribution in [0, 0.1) is 0 Å². The highest BCUT2D eigenvalue weighted by Gasteiger charge is 2.21. The van der Waals surface area contributed by atoms with Gasteiger partial charge in [0.1, 0.15) is 0 Å². The summed E-state index contributed by atoms with van der Waals surface area (Å²) in [6, 6.07) is 8.58. The molecule has 0 saturated carbocycles. The summed E-state index contributed by atoms with van der Waals surface area (Å²) in [5.74, 6) is 0.0242. The number of halogens is 1. The minimum Gasteiger partial charge on any atom is -0.212 e. The zero-order chi connectivity index (χ0) is 15.5. The third-order valence-corrected chi connectivity index (χ3v) is 4.32. The average Bonchev–Trinajstić information content (AvgIpc) is 2.86. The van der Waals surface area contributed by atoms with Gasteiger partial charge in [-0.25, -0.2) is 13.1 Å². The van der Waals surface area contributed by atoms with Gasteiger partial charge < -0.3 is 0 Å². The van der Waals surface area contributed by atoms with Crippen molar-refractivity contribution in [2.24, 2.45) is 0 Å². The first kappa shape index (κ1) is 15.6. The third-order valence-electron chi connectivity index (χ3n) is 2.58. The summed E-state index contributed by atoms with van der Waals surface area (Å²) in [6.45, 7) is 5.03. The average molecular weight is 328 g/mol. The molecule has 1 aromatic carbocycles. The van der Waals surface area contributed by atoms with Crippen molar-refractivity contribution in [3.63, 3.8) is 0 Å². The number of tetrazole rings is 1. The lowest BCUT2D eigenvalue weighted by Gasteiger charge is -2.13. The molecule has 0 aliphatic heterocycles. The van der Waals surface area contributed by atoms with E-state index in [1.807, 2.05) is 30.3 Å². The van der Waals surface area contributed by atoms with Gasteiger partial charge in [-0.3, -0.25) is 0 Å². The Kier molecular flexibility index (Phi) is 4.71. The monoisotopic (exact) mass is 327 g/mol. The topological polar surface area (TPSA) is 89.8 Å². The van der Waals surface area contributed by atoms with Crippen LogP contribution in [0.1, 0.15) is 18.8 Å². The fraction of sp³-hybridized carbons (Fsp3) is 0.250. The highest BCUT2D eigenvalue weighted by molar-refractivity contribution is 7.89. The third kappa shape index (κ3) is 4.10. The summed E-state index contributed by atoms with van der Waals surface area (Å²) in [5, 5.41) is 11.4. The van der Waals surface area contributed by atoms with E-state index in [1.54, 1.807) is 6.92 Å². The number of nitrogens with zero attached hydrogens (tertiary/aromatic N) is 4. The van der Waals surface area contributed by atoms with Crippen molar-refractivity contribution in [2.75, 3.05) is 5.75 Å². The molecule has 1 heterocycles. The fourth-order valence-corrected chi connectivity index (χ4v) is 3.36. The molecular formula is C12H14ClN5O2S. The van der Waals surface area contributed by atoms with E-state index in [-0.39, 0.29) is 10.8 Å². The molecule has 21 heavy (non-hydrogen) atoms. The van der Waals surface area contributed by atoms with Crippen molar-refractivity contribution >= 4 is 21.6 Å². The molecule has 1 aromatic heterocycles. The molecule has 2 aromatic rings. The SMILES string of the molecule is C=C(Cl)CS(=O)(=O)N[C@H](C)c1nnnn1-c1ccccc1. The van der Waals surface area contributed by atoms with E-state index in [9.17, 15) is 8.42 Å². The molecule has 7 nitrogen and oxygen atoms in total. The summed E-state index contributed by atoms with van der Waals surface area (Å²) in [4.78, 5) is 0. The molecule has 2 rings (SSSR count). The van der Waals surface area contributed by atoms with Gasteiger partial charge in [-0.15, -0.1) is 5.10 Å². The largest absolute Gasteiger partial charge is 0.217 e. The first-order valence-corrected chi connectivity index (χ1v) is 8.09. The molecular weight excluding hydrogens is 314 g/mol. The van der Waals surface area contributed by atoms with Crippen LogP contribution in [0.2, 0.25) is 0 Å². The van der Waals surface area contributed by atoms with Crippen LogP contribution in [0.4, 0.5) is 0 Å². The van der Waals surface area contributed by atoms with Crippen molar-refractivity contribution in [3.05, 3.63) is 47.8 Å². The predicted molar refractivity (Wildman–Crippen MR) is 79.5 cm³/mol. The molecule has 0 spiro atoms. The van der Waals surface area contributed by atoms with Crippen LogP contribution in [0.25, 0.3) is 5.69 Å². The van der Waals surface area contributed by atoms with Gasteiger partial charge in [0.15, 0.2) is 5.82 Å². The van der Waals surface area contributed by atoms with Gasteiger partial charge in [-0.05, 0) is 29.5 Å². The van der Waals surface area contributed by atoms with E-state index in [1.165, 1.54) is 4.68 Å². The van der Waals surface area contributed by atoms with Gasteiger partial charge in [0.25, 0.3) is 0 Å². The maximum absolute atomic E-state index is 11.9. The van der Waals surface area contributed by atoms with Crippen molar-refractivity contribution in [1.82, 2.24) is 24.9 Å². The van der Waals surface area contributed by atoms with Crippen LogP contribution < -0.4 is 4.72 Å². The Morgan fingerprint density at radius 3 is 2.71 bits per heavy atom. The number of aromatic nitrogens is 4. The van der Waals surface area contributed by atoms with Crippen LogP contribution in [-0.4, -0.2) is 34.4 Å². The van der Waals surface area contributed by atoms with E-state index < -0.39 is 16.1 Å². The quantitative estimate of drug-likeness (QED) is 0.866. The number of rotatable bonds is 6. The molecule has 112 valence electrons. The first-order chi connectivity index (χ1) is 9.89. The molecule has 0 amide bonds. The Bertz CT molecular complexity index is 729. The Balaban J connectivity index is 2.24. The van der Waals surface area contributed by atoms with Crippen LogP contribution in [0.15, 0.2) is 41.9 Å². The molecule has 1 N–H and O–H groups in total. The number of hydrogen-bond acceptors (Lipinski definition) is 5. The summed E-state index contributed by atoms with van der Waals surface area (Å²) in [5.41, 5.74) is 0.741. The lowest BCUT2D eigenvalue weighted by molar-refractivity contribution is 0.557. The van der Waals surface area contributed by atoms with Crippen LogP contribution >= 0.6 is 11.6 Å². The smallest absolute Gasteiger partial charge is 0.212 e. The Labute approximate surface area is 127 Å². The van der Waals surface area contributed by atoms with E-state index in [4.69, 9.17) is 11.6 Å². The molecule has 1 atom stereocenters. The standard InChI is InChI=1S/C12H14ClN5O2S/c1-9(13)8-21(19,20)15-10(2)12-14-16-17-18(12)11-6-4-3-5-7-11/h3-7,10,15H,1,8H2,2H3/t10-/m1/s1. The van der Waals surface area contributed by atoms with E-state index in [2.05, 4.69) is 26.8 Å². The highest BCUT2D eigenvalue weighted by atomic mass is 35.5. The number of sulfonamides is 1. The van der Waals surface area contributed by atoms with Crippen LogP contribution in [-0.2, 0) is 10.0 Å². The van der Waals surface area contributed by atoms with Gasteiger partial charge in [0.05, 0.1) is 17.5 Å². The number of para-hydroxylation sites is 1. The fourth-order valence-electron chi connectivity index (χ4n) is 1.79. The Hall–Kier alpha value is -1.77. The predicted octanol–water partition coefficient (Wildman–Crippen LogP) is 1.40.